The van der Waals surface area contributed by atoms with Crippen LogP contribution < -0.4 is 10.6 Å². The van der Waals surface area contributed by atoms with Crippen LogP contribution in [0.25, 0.3) is 0 Å². The topological polar surface area (TPSA) is 41.1 Å². The summed E-state index contributed by atoms with van der Waals surface area (Å²) in [4.78, 5) is 11.8. The molecule has 1 aliphatic carbocycles. The normalized spacial score (nSPS) is 25.9. The molecule has 2 atom stereocenters. The molecular weight excluding hydrogens is 224 g/mol. The molecule has 0 bridgehead atoms. The number of carbonyl (C=O) groups excluding carboxylic acids is 1. The van der Waals surface area contributed by atoms with Gasteiger partial charge in [0.1, 0.15) is 0 Å². The Kier molecular flexibility index (Phi) is 3.60. The van der Waals surface area contributed by atoms with Gasteiger partial charge >= 0.3 is 6.03 Å². The first kappa shape index (κ1) is 12.9. The Morgan fingerprint density at radius 3 is 2.61 bits per heavy atom. The standard InChI is InChI=1S/C15H22N2O/c1-11(2)15(3)9-13(15)17-14(18)16-10-12-7-5-4-6-8-12/h4-8,11,13H,9-10H2,1-3H3,(H2,16,17,18). The summed E-state index contributed by atoms with van der Waals surface area (Å²) in [6, 6.07) is 10.2. The van der Waals surface area contributed by atoms with E-state index in [-0.39, 0.29) is 11.4 Å². The number of hydrogen-bond donors (Lipinski definition) is 2. The van der Waals surface area contributed by atoms with Gasteiger partial charge in [-0.2, -0.15) is 0 Å². The summed E-state index contributed by atoms with van der Waals surface area (Å²) in [5.74, 6) is 0.608. The van der Waals surface area contributed by atoms with Gasteiger partial charge in [0.2, 0.25) is 0 Å². The molecule has 1 aromatic carbocycles. The van der Waals surface area contributed by atoms with E-state index in [1.54, 1.807) is 0 Å². The zero-order valence-corrected chi connectivity index (χ0v) is 11.4. The second-order valence-corrected chi connectivity index (χ2v) is 5.73. The number of hydrogen-bond acceptors (Lipinski definition) is 1. The minimum atomic E-state index is -0.0618. The van der Waals surface area contributed by atoms with E-state index in [1.807, 2.05) is 30.3 Å². The van der Waals surface area contributed by atoms with Crippen LogP contribution in [-0.2, 0) is 6.54 Å². The SMILES string of the molecule is CC(C)C1(C)CC1NC(=O)NCc1ccccc1. The molecule has 0 aliphatic heterocycles. The van der Waals surface area contributed by atoms with Crippen molar-refractivity contribution in [3.8, 4) is 0 Å². The maximum Gasteiger partial charge on any atom is 0.315 e. The fraction of sp³-hybridized carbons (Fsp3) is 0.533. The number of rotatable bonds is 4. The van der Waals surface area contributed by atoms with Gasteiger partial charge in [0, 0.05) is 12.6 Å². The lowest BCUT2D eigenvalue weighted by molar-refractivity contribution is 0.237. The summed E-state index contributed by atoms with van der Waals surface area (Å²) in [6.07, 6.45) is 1.09. The fourth-order valence-electron chi connectivity index (χ4n) is 2.22. The molecule has 0 spiro atoms. The Hall–Kier alpha value is -1.51. The van der Waals surface area contributed by atoms with Crippen molar-refractivity contribution in [2.24, 2.45) is 11.3 Å². The van der Waals surface area contributed by atoms with Crippen molar-refractivity contribution in [1.82, 2.24) is 10.6 Å². The van der Waals surface area contributed by atoms with Crippen molar-refractivity contribution >= 4 is 6.03 Å². The highest BCUT2D eigenvalue weighted by molar-refractivity contribution is 5.74. The monoisotopic (exact) mass is 246 g/mol. The molecule has 0 heterocycles. The average Bonchev–Trinajstić information content (AvgIpc) is 3.00. The van der Waals surface area contributed by atoms with E-state index in [0.29, 0.717) is 18.5 Å². The molecule has 1 fully saturated rings. The number of benzene rings is 1. The van der Waals surface area contributed by atoms with E-state index in [9.17, 15) is 4.79 Å². The van der Waals surface area contributed by atoms with Gasteiger partial charge < -0.3 is 10.6 Å². The lowest BCUT2D eigenvalue weighted by Crippen LogP contribution is -2.38. The second-order valence-electron chi connectivity index (χ2n) is 5.73. The van der Waals surface area contributed by atoms with Crippen molar-refractivity contribution in [3.05, 3.63) is 35.9 Å². The third-order valence-electron chi connectivity index (χ3n) is 4.20. The van der Waals surface area contributed by atoms with Crippen LogP contribution in [0.15, 0.2) is 30.3 Å². The van der Waals surface area contributed by atoms with Crippen LogP contribution in [-0.4, -0.2) is 12.1 Å². The molecule has 1 saturated carbocycles. The molecule has 0 saturated heterocycles. The van der Waals surface area contributed by atoms with Crippen LogP contribution in [0.5, 0.6) is 0 Å². The zero-order chi connectivity index (χ0) is 13.2. The molecule has 98 valence electrons. The van der Waals surface area contributed by atoms with E-state index < -0.39 is 0 Å². The van der Waals surface area contributed by atoms with Gasteiger partial charge in [-0.15, -0.1) is 0 Å². The highest BCUT2D eigenvalue weighted by Gasteiger charge is 2.52. The molecule has 3 nitrogen and oxygen atoms in total. The number of urea groups is 1. The van der Waals surface area contributed by atoms with Crippen LogP contribution >= 0.6 is 0 Å². The van der Waals surface area contributed by atoms with Crippen molar-refractivity contribution in [2.45, 2.75) is 39.8 Å². The van der Waals surface area contributed by atoms with Crippen LogP contribution in [0, 0.1) is 11.3 Å². The Morgan fingerprint density at radius 2 is 2.06 bits per heavy atom. The van der Waals surface area contributed by atoms with Crippen LogP contribution in [0.1, 0.15) is 32.8 Å². The minimum Gasteiger partial charge on any atom is -0.335 e. The molecule has 0 aromatic heterocycles. The molecule has 2 amide bonds. The smallest absolute Gasteiger partial charge is 0.315 e. The highest BCUT2D eigenvalue weighted by atomic mass is 16.2. The summed E-state index contributed by atoms with van der Waals surface area (Å²) >= 11 is 0. The van der Waals surface area contributed by atoms with Crippen LogP contribution in [0.2, 0.25) is 0 Å². The zero-order valence-electron chi connectivity index (χ0n) is 11.4. The van der Waals surface area contributed by atoms with Gasteiger partial charge in [0.15, 0.2) is 0 Å². The Balaban J connectivity index is 1.74. The number of carbonyl (C=O) groups is 1. The van der Waals surface area contributed by atoms with Crippen LogP contribution in [0.4, 0.5) is 4.79 Å². The molecule has 18 heavy (non-hydrogen) atoms. The average molecular weight is 246 g/mol. The molecule has 2 rings (SSSR count). The number of nitrogens with one attached hydrogen (secondary N) is 2. The van der Waals surface area contributed by atoms with Gasteiger partial charge in [0.05, 0.1) is 0 Å². The number of amides is 2. The van der Waals surface area contributed by atoms with E-state index >= 15 is 0 Å². The first-order chi connectivity index (χ1) is 8.52. The van der Waals surface area contributed by atoms with E-state index in [4.69, 9.17) is 0 Å². The Bertz CT molecular complexity index is 416. The summed E-state index contributed by atoms with van der Waals surface area (Å²) in [5.41, 5.74) is 1.40. The summed E-state index contributed by atoms with van der Waals surface area (Å²) < 4.78 is 0. The van der Waals surface area contributed by atoms with Crippen molar-refractivity contribution in [1.29, 1.82) is 0 Å². The van der Waals surface area contributed by atoms with Crippen LogP contribution in [0.3, 0.4) is 0 Å². The largest absolute Gasteiger partial charge is 0.335 e. The minimum absolute atomic E-state index is 0.0618. The summed E-state index contributed by atoms with van der Waals surface area (Å²) in [6.45, 7) is 7.24. The quantitative estimate of drug-likeness (QED) is 0.842. The molecule has 2 N–H and O–H groups in total. The first-order valence-electron chi connectivity index (χ1n) is 6.60. The van der Waals surface area contributed by atoms with Crippen molar-refractivity contribution in [3.63, 3.8) is 0 Å². The van der Waals surface area contributed by atoms with E-state index in [2.05, 4.69) is 31.4 Å². The molecule has 1 aromatic rings. The molecule has 2 unspecified atom stereocenters. The molecule has 0 radical (unpaired) electrons. The molecular formula is C15H22N2O. The first-order valence-corrected chi connectivity index (χ1v) is 6.60. The van der Waals surface area contributed by atoms with Crippen molar-refractivity contribution in [2.75, 3.05) is 0 Å². The lowest BCUT2D eigenvalue weighted by Gasteiger charge is -2.16. The predicted octanol–water partition coefficient (Wildman–Crippen LogP) is 2.92. The van der Waals surface area contributed by atoms with Gasteiger partial charge in [-0.3, -0.25) is 0 Å². The Labute approximate surface area is 109 Å². The van der Waals surface area contributed by atoms with Gasteiger partial charge in [-0.25, -0.2) is 4.79 Å². The maximum atomic E-state index is 11.8. The molecule has 1 aliphatic rings. The Morgan fingerprint density at radius 1 is 1.39 bits per heavy atom. The third-order valence-corrected chi connectivity index (χ3v) is 4.20. The van der Waals surface area contributed by atoms with E-state index in [1.165, 1.54) is 0 Å². The third kappa shape index (κ3) is 2.84. The molecule has 3 heteroatoms. The van der Waals surface area contributed by atoms with Gasteiger partial charge in [-0.1, -0.05) is 51.1 Å². The van der Waals surface area contributed by atoms with Crippen molar-refractivity contribution < 1.29 is 4.79 Å². The fourth-order valence-corrected chi connectivity index (χ4v) is 2.22. The second kappa shape index (κ2) is 5.01. The lowest BCUT2D eigenvalue weighted by atomic mass is 9.94. The summed E-state index contributed by atoms with van der Waals surface area (Å²) in [5, 5.41) is 5.94. The van der Waals surface area contributed by atoms with Gasteiger partial charge in [-0.05, 0) is 23.3 Å². The van der Waals surface area contributed by atoms with E-state index in [0.717, 1.165) is 12.0 Å². The highest BCUT2D eigenvalue weighted by Crippen LogP contribution is 2.51. The maximum absolute atomic E-state index is 11.8. The predicted molar refractivity (Wildman–Crippen MR) is 73.2 cm³/mol. The summed E-state index contributed by atoms with van der Waals surface area (Å²) in [7, 11) is 0. The van der Waals surface area contributed by atoms with Gasteiger partial charge in [0.25, 0.3) is 0 Å².